The van der Waals surface area contributed by atoms with Crippen molar-refractivity contribution in [1.82, 2.24) is 4.98 Å². The predicted octanol–water partition coefficient (Wildman–Crippen LogP) is 2.48. The molecule has 22 heavy (non-hydrogen) atoms. The van der Waals surface area contributed by atoms with Crippen LogP contribution in [0.15, 0.2) is 30.5 Å². The monoisotopic (exact) mass is 302 g/mol. The molecule has 5 nitrogen and oxygen atoms in total. The number of para-hydroxylation sites is 1. The van der Waals surface area contributed by atoms with Crippen molar-refractivity contribution in [3.63, 3.8) is 0 Å². The number of fused-ring (bicyclic) bond motifs is 1. The molecule has 2 heterocycles. The van der Waals surface area contributed by atoms with Crippen LogP contribution in [0.1, 0.15) is 6.42 Å². The van der Waals surface area contributed by atoms with E-state index < -0.39 is 0 Å². The molecule has 3 rings (SSSR count). The molecule has 1 aromatic carbocycles. The highest BCUT2D eigenvalue weighted by atomic mass is 16.5. The van der Waals surface area contributed by atoms with Crippen molar-refractivity contribution in [3.05, 3.63) is 30.5 Å². The van der Waals surface area contributed by atoms with Crippen LogP contribution in [-0.4, -0.2) is 51.6 Å². The van der Waals surface area contributed by atoms with E-state index in [9.17, 15) is 0 Å². The topological polar surface area (TPSA) is 43.8 Å². The molecule has 1 aliphatic heterocycles. The first-order valence-electron chi connectivity index (χ1n) is 7.48. The van der Waals surface area contributed by atoms with Crippen molar-refractivity contribution in [1.29, 1.82) is 0 Å². The van der Waals surface area contributed by atoms with E-state index >= 15 is 0 Å². The van der Waals surface area contributed by atoms with Gasteiger partial charge in [-0.2, -0.15) is 0 Å². The standard InChI is InChI=1S/C17H22N2O3/c1-20-11-12-9-13(21-2)10-19(12)15-7-8-18-17-14(15)5-4-6-16(17)22-3/h4-8,12-13H,9-11H2,1-3H3/t12-,13+/m0/s1. The smallest absolute Gasteiger partial charge is 0.145 e. The molecule has 0 bridgehead atoms. The molecule has 1 aromatic heterocycles. The van der Waals surface area contributed by atoms with E-state index in [0.717, 1.165) is 35.3 Å². The van der Waals surface area contributed by atoms with Crippen LogP contribution in [0.4, 0.5) is 5.69 Å². The highest BCUT2D eigenvalue weighted by molar-refractivity contribution is 5.95. The van der Waals surface area contributed by atoms with Crippen LogP contribution in [0.3, 0.4) is 0 Å². The Morgan fingerprint density at radius 3 is 2.82 bits per heavy atom. The Balaban J connectivity index is 2.05. The summed E-state index contributed by atoms with van der Waals surface area (Å²) in [4.78, 5) is 6.84. The number of pyridine rings is 1. The van der Waals surface area contributed by atoms with Crippen molar-refractivity contribution < 1.29 is 14.2 Å². The molecule has 1 fully saturated rings. The zero-order valence-electron chi connectivity index (χ0n) is 13.3. The molecule has 2 aromatic rings. The Kier molecular flexibility index (Phi) is 4.45. The molecule has 1 saturated heterocycles. The van der Waals surface area contributed by atoms with E-state index in [0.29, 0.717) is 12.6 Å². The summed E-state index contributed by atoms with van der Waals surface area (Å²) in [5.74, 6) is 0.796. The van der Waals surface area contributed by atoms with Gasteiger partial charge in [-0.25, -0.2) is 0 Å². The summed E-state index contributed by atoms with van der Waals surface area (Å²) in [6.07, 6.45) is 3.04. The molecule has 0 amide bonds. The molecule has 0 aliphatic carbocycles. The maximum absolute atomic E-state index is 5.56. The van der Waals surface area contributed by atoms with Crippen molar-refractivity contribution in [2.75, 3.05) is 39.4 Å². The van der Waals surface area contributed by atoms with E-state index in [4.69, 9.17) is 14.2 Å². The number of ether oxygens (including phenoxy) is 3. The summed E-state index contributed by atoms with van der Waals surface area (Å²) >= 11 is 0. The van der Waals surface area contributed by atoms with Gasteiger partial charge in [0.05, 0.1) is 25.9 Å². The van der Waals surface area contributed by atoms with Gasteiger partial charge >= 0.3 is 0 Å². The van der Waals surface area contributed by atoms with Crippen LogP contribution in [0.2, 0.25) is 0 Å². The van der Waals surface area contributed by atoms with Gasteiger partial charge in [0.2, 0.25) is 0 Å². The second-order valence-electron chi connectivity index (χ2n) is 5.54. The Bertz CT molecular complexity index is 647. The van der Waals surface area contributed by atoms with E-state index in [-0.39, 0.29) is 6.10 Å². The normalized spacial score (nSPS) is 21.5. The lowest BCUT2D eigenvalue weighted by Gasteiger charge is -2.27. The van der Waals surface area contributed by atoms with Crippen LogP contribution in [-0.2, 0) is 9.47 Å². The second-order valence-corrected chi connectivity index (χ2v) is 5.54. The SMILES string of the molecule is COC[C@@H]1C[C@@H](OC)CN1c1ccnc2c(OC)cccc12. The number of anilines is 1. The first kappa shape index (κ1) is 15.1. The average Bonchev–Trinajstić information content (AvgIpc) is 2.97. The van der Waals surface area contributed by atoms with Crippen molar-refractivity contribution in [2.45, 2.75) is 18.6 Å². The van der Waals surface area contributed by atoms with Crippen LogP contribution >= 0.6 is 0 Å². The molecule has 118 valence electrons. The first-order valence-corrected chi connectivity index (χ1v) is 7.48. The Labute approximate surface area is 130 Å². The average molecular weight is 302 g/mol. The van der Waals surface area contributed by atoms with Gasteiger partial charge in [-0.05, 0) is 18.6 Å². The van der Waals surface area contributed by atoms with Gasteiger partial charge in [-0.15, -0.1) is 0 Å². The van der Waals surface area contributed by atoms with Crippen LogP contribution in [0.25, 0.3) is 10.9 Å². The molecule has 0 radical (unpaired) electrons. The minimum Gasteiger partial charge on any atom is -0.494 e. The number of hydrogen-bond acceptors (Lipinski definition) is 5. The van der Waals surface area contributed by atoms with E-state index in [1.807, 2.05) is 18.3 Å². The van der Waals surface area contributed by atoms with Crippen LogP contribution < -0.4 is 9.64 Å². The largest absolute Gasteiger partial charge is 0.494 e. The van der Waals surface area contributed by atoms with Crippen molar-refractivity contribution >= 4 is 16.6 Å². The van der Waals surface area contributed by atoms with Gasteiger partial charge in [0.25, 0.3) is 0 Å². The molecule has 0 N–H and O–H groups in total. The number of hydrogen-bond donors (Lipinski definition) is 0. The van der Waals surface area contributed by atoms with Crippen LogP contribution in [0.5, 0.6) is 5.75 Å². The number of nitrogens with zero attached hydrogens (tertiary/aromatic N) is 2. The summed E-state index contributed by atoms with van der Waals surface area (Å²) in [5, 5.41) is 1.10. The van der Waals surface area contributed by atoms with Gasteiger partial charge in [-0.1, -0.05) is 12.1 Å². The number of methoxy groups -OCH3 is 3. The van der Waals surface area contributed by atoms with E-state index in [1.165, 1.54) is 0 Å². The Morgan fingerprint density at radius 1 is 1.23 bits per heavy atom. The maximum atomic E-state index is 5.56. The van der Waals surface area contributed by atoms with Gasteiger partial charge in [-0.3, -0.25) is 4.98 Å². The van der Waals surface area contributed by atoms with Gasteiger partial charge < -0.3 is 19.1 Å². The minimum absolute atomic E-state index is 0.231. The fraction of sp³-hybridized carbons (Fsp3) is 0.471. The third-order valence-corrected chi connectivity index (χ3v) is 4.31. The summed E-state index contributed by atoms with van der Waals surface area (Å²) in [6.45, 7) is 1.55. The summed E-state index contributed by atoms with van der Waals surface area (Å²) < 4.78 is 16.4. The van der Waals surface area contributed by atoms with E-state index in [1.54, 1.807) is 21.3 Å². The Morgan fingerprint density at radius 2 is 2.09 bits per heavy atom. The third kappa shape index (κ3) is 2.62. The lowest BCUT2D eigenvalue weighted by Crippen LogP contribution is -2.33. The first-order chi connectivity index (χ1) is 10.8. The quantitative estimate of drug-likeness (QED) is 0.849. The molecule has 1 aliphatic rings. The maximum Gasteiger partial charge on any atom is 0.145 e. The molecular weight excluding hydrogens is 280 g/mol. The molecule has 5 heteroatoms. The summed E-state index contributed by atoms with van der Waals surface area (Å²) in [6, 6.07) is 8.40. The molecule has 0 unspecified atom stereocenters. The molecule has 2 atom stereocenters. The number of aromatic nitrogens is 1. The third-order valence-electron chi connectivity index (χ3n) is 4.31. The van der Waals surface area contributed by atoms with Gasteiger partial charge in [0, 0.05) is 38.0 Å². The highest BCUT2D eigenvalue weighted by Crippen LogP contribution is 2.35. The van der Waals surface area contributed by atoms with Crippen LogP contribution in [0, 0.1) is 0 Å². The summed E-state index contributed by atoms with van der Waals surface area (Å²) in [5.41, 5.74) is 2.05. The number of rotatable bonds is 5. The van der Waals surface area contributed by atoms with Crippen molar-refractivity contribution in [2.24, 2.45) is 0 Å². The predicted molar refractivity (Wildman–Crippen MR) is 86.7 cm³/mol. The minimum atomic E-state index is 0.231. The lowest BCUT2D eigenvalue weighted by molar-refractivity contribution is 0.111. The fourth-order valence-corrected chi connectivity index (χ4v) is 3.24. The summed E-state index contributed by atoms with van der Waals surface area (Å²) in [7, 11) is 5.19. The zero-order valence-corrected chi connectivity index (χ0v) is 13.3. The fourth-order valence-electron chi connectivity index (χ4n) is 3.24. The number of benzene rings is 1. The van der Waals surface area contributed by atoms with Gasteiger partial charge in [0.1, 0.15) is 11.3 Å². The molecule has 0 spiro atoms. The molecule has 0 saturated carbocycles. The van der Waals surface area contributed by atoms with Gasteiger partial charge in [0.15, 0.2) is 0 Å². The molecular formula is C17H22N2O3. The van der Waals surface area contributed by atoms with E-state index in [2.05, 4.69) is 22.0 Å². The Hall–Kier alpha value is -1.85. The highest BCUT2D eigenvalue weighted by Gasteiger charge is 2.33. The van der Waals surface area contributed by atoms with Crippen molar-refractivity contribution in [3.8, 4) is 5.75 Å². The second kappa shape index (κ2) is 6.50. The zero-order chi connectivity index (χ0) is 15.5. The lowest BCUT2D eigenvalue weighted by atomic mass is 10.1.